The summed E-state index contributed by atoms with van der Waals surface area (Å²) in [5.41, 5.74) is 1.49. The molecular weight excluding hydrogens is 386 g/mol. The molecule has 2 heterocycles. The molecular formula is C26H39N3O2. The first kappa shape index (κ1) is 21.4. The lowest BCUT2D eigenvalue weighted by molar-refractivity contribution is -0.124. The summed E-state index contributed by atoms with van der Waals surface area (Å²) in [5.74, 6) is 1.58. The van der Waals surface area contributed by atoms with E-state index < -0.39 is 0 Å². The monoisotopic (exact) mass is 425 g/mol. The number of amides is 1. The Morgan fingerprint density at radius 3 is 2.65 bits per heavy atom. The molecule has 1 spiro atoms. The number of hydrogen-bond acceptors (Lipinski definition) is 4. The van der Waals surface area contributed by atoms with Gasteiger partial charge < -0.3 is 15.4 Å². The molecule has 4 aliphatic rings. The van der Waals surface area contributed by atoms with Crippen molar-refractivity contribution in [2.45, 2.75) is 81.4 Å². The van der Waals surface area contributed by atoms with Crippen LogP contribution in [0.1, 0.15) is 69.3 Å². The van der Waals surface area contributed by atoms with E-state index in [2.05, 4.69) is 45.9 Å². The topological polar surface area (TPSA) is 53.6 Å². The van der Waals surface area contributed by atoms with Gasteiger partial charge >= 0.3 is 0 Å². The lowest BCUT2D eigenvalue weighted by Gasteiger charge is -2.38. The number of carbonyl (C=O) groups is 1. The number of benzene rings is 1. The molecule has 1 aromatic rings. The van der Waals surface area contributed by atoms with E-state index in [1.165, 1.54) is 44.1 Å². The molecule has 3 unspecified atom stereocenters. The summed E-state index contributed by atoms with van der Waals surface area (Å²) in [4.78, 5) is 14.7. The summed E-state index contributed by atoms with van der Waals surface area (Å²) in [6.07, 6.45) is 11.1. The molecule has 31 heavy (non-hydrogen) atoms. The van der Waals surface area contributed by atoms with E-state index in [1.807, 2.05) is 0 Å². The van der Waals surface area contributed by atoms with Gasteiger partial charge in [-0.05, 0) is 50.0 Å². The maximum Gasteiger partial charge on any atom is 0.234 e. The summed E-state index contributed by atoms with van der Waals surface area (Å²) in [6.45, 7) is 4.20. The third-order valence-electron chi connectivity index (χ3n) is 8.12. The Hall–Kier alpha value is -1.43. The third kappa shape index (κ3) is 5.50. The van der Waals surface area contributed by atoms with E-state index >= 15 is 0 Å². The van der Waals surface area contributed by atoms with Crippen LogP contribution in [0.4, 0.5) is 0 Å². The van der Waals surface area contributed by atoms with Gasteiger partial charge in [0.25, 0.3) is 0 Å². The van der Waals surface area contributed by atoms with Crippen molar-refractivity contribution < 1.29 is 9.53 Å². The van der Waals surface area contributed by atoms with Crippen molar-refractivity contribution >= 4 is 5.91 Å². The number of nitrogens with one attached hydrogen (secondary N) is 2. The molecule has 170 valence electrons. The Morgan fingerprint density at radius 2 is 1.87 bits per heavy atom. The van der Waals surface area contributed by atoms with Gasteiger partial charge in [0.05, 0.1) is 18.8 Å². The van der Waals surface area contributed by atoms with E-state index in [4.69, 9.17) is 4.74 Å². The molecule has 2 N–H and O–H groups in total. The fraction of sp³-hybridized carbons (Fsp3) is 0.731. The second kappa shape index (κ2) is 9.60. The van der Waals surface area contributed by atoms with Gasteiger partial charge in [-0.15, -0.1) is 0 Å². The highest BCUT2D eigenvalue weighted by molar-refractivity contribution is 5.78. The van der Waals surface area contributed by atoms with Gasteiger partial charge in [0.15, 0.2) is 0 Å². The van der Waals surface area contributed by atoms with Gasteiger partial charge in [0.2, 0.25) is 5.91 Å². The van der Waals surface area contributed by atoms with Gasteiger partial charge in [0.1, 0.15) is 0 Å². The van der Waals surface area contributed by atoms with Crippen molar-refractivity contribution in [2.75, 3.05) is 32.8 Å². The van der Waals surface area contributed by atoms with Crippen LogP contribution in [0, 0.1) is 5.92 Å². The molecule has 5 heteroatoms. The van der Waals surface area contributed by atoms with Gasteiger partial charge in [-0.3, -0.25) is 9.69 Å². The Balaban J connectivity index is 1.01. The second-order valence-electron chi connectivity index (χ2n) is 10.5. The molecule has 1 amide bonds. The van der Waals surface area contributed by atoms with Crippen LogP contribution in [0.15, 0.2) is 30.3 Å². The summed E-state index contributed by atoms with van der Waals surface area (Å²) in [5, 5.41) is 7.05. The molecule has 0 aromatic heterocycles. The molecule has 2 saturated heterocycles. The number of rotatable bonds is 7. The summed E-state index contributed by atoms with van der Waals surface area (Å²) < 4.78 is 6.35. The van der Waals surface area contributed by atoms with Crippen LogP contribution >= 0.6 is 0 Å². The van der Waals surface area contributed by atoms with Crippen LogP contribution in [-0.2, 0) is 9.53 Å². The molecule has 2 aliphatic heterocycles. The average molecular weight is 426 g/mol. The number of carbonyl (C=O) groups excluding carboxylic acids is 1. The van der Waals surface area contributed by atoms with E-state index in [0.29, 0.717) is 30.5 Å². The van der Waals surface area contributed by atoms with Gasteiger partial charge in [0, 0.05) is 37.6 Å². The van der Waals surface area contributed by atoms with Gasteiger partial charge in [-0.1, -0.05) is 49.6 Å². The number of hydrogen-bond donors (Lipinski definition) is 2. The van der Waals surface area contributed by atoms with Crippen molar-refractivity contribution in [3.8, 4) is 0 Å². The zero-order valence-corrected chi connectivity index (χ0v) is 18.9. The Labute approximate surface area is 187 Å². The number of nitrogens with zero attached hydrogens (tertiary/aromatic N) is 1. The highest BCUT2D eigenvalue weighted by Crippen LogP contribution is 2.43. The van der Waals surface area contributed by atoms with E-state index in [0.717, 1.165) is 45.5 Å². The lowest BCUT2D eigenvalue weighted by Crippen LogP contribution is -2.48. The molecule has 2 aliphatic carbocycles. The predicted octanol–water partition coefficient (Wildman–Crippen LogP) is 3.45. The van der Waals surface area contributed by atoms with E-state index in [9.17, 15) is 4.79 Å². The highest BCUT2D eigenvalue weighted by atomic mass is 16.5. The van der Waals surface area contributed by atoms with Crippen molar-refractivity contribution in [1.82, 2.24) is 15.5 Å². The summed E-state index contributed by atoms with van der Waals surface area (Å²) in [7, 11) is 0. The minimum Gasteiger partial charge on any atom is -0.373 e. The molecule has 0 radical (unpaired) electrons. The Morgan fingerprint density at radius 1 is 1.10 bits per heavy atom. The van der Waals surface area contributed by atoms with Crippen LogP contribution in [0.3, 0.4) is 0 Å². The van der Waals surface area contributed by atoms with Crippen molar-refractivity contribution in [3.63, 3.8) is 0 Å². The van der Waals surface area contributed by atoms with Crippen molar-refractivity contribution in [2.24, 2.45) is 5.92 Å². The fourth-order valence-corrected chi connectivity index (χ4v) is 6.08. The van der Waals surface area contributed by atoms with Crippen molar-refractivity contribution in [1.29, 1.82) is 0 Å². The van der Waals surface area contributed by atoms with E-state index in [-0.39, 0.29) is 11.5 Å². The highest BCUT2D eigenvalue weighted by Gasteiger charge is 2.46. The smallest absolute Gasteiger partial charge is 0.234 e. The molecule has 1 aromatic carbocycles. The summed E-state index contributed by atoms with van der Waals surface area (Å²) >= 11 is 0. The maximum absolute atomic E-state index is 12.4. The number of piperidine rings is 1. The average Bonchev–Trinajstić information content (AvgIpc) is 3.47. The Kier molecular flexibility index (Phi) is 6.63. The third-order valence-corrected chi connectivity index (χ3v) is 8.12. The summed E-state index contributed by atoms with van der Waals surface area (Å²) in [6, 6.07) is 12.0. The first-order chi connectivity index (χ1) is 15.2. The molecule has 4 fully saturated rings. The van der Waals surface area contributed by atoms with Crippen LogP contribution < -0.4 is 10.6 Å². The van der Waals surface area contributed by atoms with Crippen molar-refractivity contribution in [3.05, 3.63) is 35.9 Å². The quantitative estimate of drug-likeness (QED) is 0.703. The normalized spacial score (nSPS) is 31.0. The standard InChI is InChI=1S/C26H39N3O2/c30-25(27-17-20-7-3-1-4-8-20)18-29-13-11-26(12-14-29)16-22(19-31-26)28-24-15-23(24)21-9-5-2-6-10-21/h2,5-6,9-10,20,22-24,28H,1,3-4,7-8,11-19H2,(H,27,30). The number of ether oxygens (including phenoxy) is 1. The van der Waals surface area contributed by atoms with Crippen LogP contribution in [0.25, 0.3) is 0 Å². The molecule has 0 bridgehead atoms. The zero-order valence-electron chi connectivity index (χ0n) is 18.9. The maximum atomic E-state index is 12.4. The SMILES string of the molecule is O=C(CN1CCC2(CC1)CC(NC1CC1c1ccccc1)CO2)NCC1CCCCC1. The predicted molar refractivity (Wildman–Crippen MR) is 123 cm³/mol. The largest absolute Gasteiger partial charge is 0.373 e. The molecule has 5 rings (SSSR count). The number of likely N-dealkylation sites (tertiary alicyclic amines) is 1. The second-order valence-corrected chi connectivity index (χ2v) is 10.5. The minimum atomic E-state index is 0.0316. The minimum absolute atomic E-state index is 0.0316. The lowest BCUT2D eigenvalue weighted by atomic mass is 9.87. The zero-order chi connectivity index (χ0) is 21.1. The molecule has 3 atom stereocenters. The first-order valence-electron chi connectivity index (χ1n) is 12.6. The molecule has 2 saturated carbocycles. The van der Waals surface area contributed by atoms with Crippen LogP contribution in [-0.4, -0.2) is 61.3 Å². The van der Waals surface area contributed by atoms with E-state index in [1.54, 1.807) is 0 Å². The van der Waals surface area contributed by atoms with Gasteiger partial charge in [-0.25, -0.2) is 0 Å². The van der Waals surface area contributed by atoms with Crippen LogP contribution in [0.5, 0.6) is 0 Å². The fourth-order valence-electron chi connectivity index (χ4n) is 6.08. The van der Waals surface area contributed by atoms with Crippen LogP contribution in [0.2, 0.25) is 0 Å². The first-order valence-corrected chi connectivity index (χ1v) is 12.6. The Bertz CT molecular complexity index is 725. The van der Waals surface area contributed by atoms with Gasteiger partial charge in [-0.2, -0.15) is 0 Å². The molecule has 5 nitrogen and oxygen atoms in total.